The minimum absolute atomic E-state index is 0.0836. The summed E-state index contributed by atoms with van der Waals surface area (Å²) in [6, 6.07) is 19.5. The maximum absolute atomic E-state index is 13.9. The predicted octanol–water partition coefficient (Wildman–Crippen LogP) is 6.39. The van der Waals surface area contributed by atoms with Crippen molar-refractivity contribution in [3.05, 3.63) is 100 Å². The molecule has 2 N–H and O–H groups in total. The number of alkyl halides is 1. The van der Waals surface area contributed by atoms with E-state index in [0.717, 1.165) is 31.5 Å². The molecule has 0 spiro atoms. The Morgan fingerprint density at radius 3 is 2.89 bits per heavy atom. The van der Waals surface area contributed by atoms with Gasteiger partial charge in [0.05, 0.1) is 18.3 Å². The number of H-pyrrole nitrogens is 1. The van der Waals surface area contributed by atoms with Crippen LogP contribution in [0, 0.1) is 6.92 Å². The van der Waals surface area contributed by atoms with Gasteiger partial charge in [-0.2, -0.15) is 0 Å². The van der Waals surface area contributed by atoms with E-state index in [2.05, 4.69) is 50.5 Å². The van der Waals surface area contributed by atoms with Gasteiger partial charge in [-0.05, 0) is 66.6 Å². The standard InChI is InChI=1S/C29H27FN4O2S2/c1-18-9-11-31-21(14-18)22(16-30)33-19-7-8-25-27(15-19)37-26-6-2-4-20(28(26)38-25)24-17-34(12-13-36-24)23-5-3-10-32-29(23)35/h2-11,14-15,22,24,33H,12-13,16-17H2,1H3,(H,32,35). The quantitative estimate of drug-likeness (QED) is 0.256. The van der Waals surface area contributed by atoms with E-state index in [9.17, 15) is 9.18 Å². The summed E-state index contributed by atoms with van der Waals surface area (Å²) >= 11 is 3.45. The second kappa shape index (κ2) is 10.8. The fraction of sp³-hybridized carbons (Fsp3) is 0.241. The SMILES string of the molecule is Cc1ccnc(C(CF)Nc2ccc3c(c2)Sc2cccc(C4CN(c5ccc[nH]c5=O)CCO4)c2S3)c1. The van der Waals surface area contributed by atoms with Gasteiger partial charge in [-0.15, -0.1) is 0 Å². The second-order valence-corrected chi connectivity index (χ2v) is 11.5. The van der Waals surface area contributed by atoms with E-state index in [4.69, 9.17) is 4.74 Å². The molecule has 6 nitrogen and oxygen atoms in total. The van der Waals surface area contributed by atoms with Crippen molar-refractivity contribution in [3.8, 4) is 0 Å². The zero-order valence-electron chi connectivity index (χ0n) is 20.8. The van der Waals surface area contributed by atoms with Crippen molar-refractivity contribution >= 4 is 34.9 Å². The van der Waals surface area contributed by atoms with E-state index in [1.165, 1.54) is 4.90 Å². The second-order valence-electron chi connectivity index (χ2n) is 9.34. The van der Waals surface area contributed by atoms with Crippen LogP contribution in [0.4, 0.5) is 15.8 Å². The van der Waals surface area contributed by atoms with Gasteiger partial charge >= 0.3 is 0 Å². The van der Waals surface area contributed by atoms with Crippen LogP contribution < -0.4 is 15.8 Å². The largest absolute Gasteiger partial charge is 0.374 e. The van der Waals surface area contributed by atoms with Gasteiger partial charge in [-0.3, -0.25) is 9.78 Å². The molecular weight excluding hydrogens is 519 g/mol. The molecule has 0 amide bonds. The van der Waals surface area contributed by atoms with Crippen LogP contribution in [0.25, 0.3) is 0 Å². The number of rotatable bonds is 6. The van der Waals surface area contributed by atoms with Crippen molar-refractivity contribution in [1.82, 2.24) is 9.97 Å². The maximum Gasteiger partial charge on any atom is 0.271 e. The van der Waals surface area contributed by atoms with Gasteiger partial charge in [0.1, 0.15) is 18.5 Å². The molecule has 2 aliphatic rings. The lowest BCUT2D eigenvalue weighted by atomic mass is 10.1. The number of halogens is 1. The lowest BCUT2D eigenvalue weighted by molar-refractivity contribution is 0.0378. The number of morpholine rings is 1. The fourth-order valence-corrected chi connectivity index (χ4v) is 7.28. The molecule has 1 saturated heterocycles. The summed E-state index contributed by atoms with van der Waals surface area (Å²) in [4.78, 5) is 26.2. The number of pyridine rings is 2. The summed E-state index contributed by atoms with van der Waals surface area (Å²) in [7, 11) is 0. The monoisotopic (exact) mass is 546 g/mol. The number of nitrogens with zero attached hydrogens (tertiary/aromatic N) is 2. The molecule has 0 aliphatic carbocycles. The van der Waals surface area contributed by atoms with Crippen LogP contribution in [0.3, 0.4) is 0 Å². The van der Waals surface area contributed by atoms with E-state index < -0.39 is 12.7 Å². The lowest BCUT2D eigenvalue weighted by Crippen LogP contribution is -2.41. The van der Waals surface area contributed by atoms with Gasteiger partial charge in [0.15, 0.2) is 0 Å². The van der Waals surface area contributed by atoms with Crippen LogP contribution in [0.2, 0.25) is 0 Å². The zero-order valence-corrected chi connectivity index (χ0v) is 22.4. The molecule has 0 saturated carbocycles. The Morgan fingerprint density at radius 2 is 2.05 bits per heavy atom. The number of anilines is 2. The Hall–Kier alpha value is -3.27. The van der Waals surface area contributed by atoms with Crippen molar-refractivity contribution in [2.45, 2.75) is 38.7 Å². The van der Waals surface area contributed by atoms with Gasteiger partial charge in [-0.25, -0.2) is 4.39 Å². The average Bonchev–Trinajstić information content (AvgIpc) is 2.94. The molecule has 194 valence electrons. The molecule has 2 aromatic carbocycles. The molecule has 2 atom stereocenters. The normalized spacial score (nSPS) is 17.4. The first kappa shape index (κ1) is 25.0. The molecule has 4 aromatic rings. The number of aryl methyl sites for hydroxylation is 1. The van der Waals surface area contributed by atoms with Crippen LogP contribution in [-0.2, 0) is 4.74 Å². The van der Waals surface area contributed by atoms with Crippen LogP contribution in [0.15, 0.2) is 97.4 Å². The predicted molar refractivity (Wildman–Crippen MR) is 150 cm³/mol. The molecule has 6 rings (SSSR count). The third-order valence-corrected chi connectivity index (χ3v) is 9.34. The number of hydrogen-bond donors (Lipinski definition) is 2. The summed E-state index contributed by atoms with van der Waals surface area (Å²) in [6.45, 7) is 3.28. The Bertz CT molecular complexity index is 1530. The van der Waals surface area contributed by atoms with Crippen molar-refractivity contribution < 1.29 is 9.13 Å². The van der Waals surface area contributed by atoms with E-state index in [0.29, 0.717) is 31.1 Å². The maximum atomic E-state index is 13.9. The summed E-state index contributed by atoms with van der Waals surface area (Å²) < 4.78 is 20.1. The van der Waals surface area contributed by atoms with Crippen LogP contribution in [-0.4, -0.2) is 36.3 Å². The number of ether oxygens (including phenoxy) is 1. The Balaban J connectivity index is 1.23. The topological polar surface area (TPSA) is 70.2 Å². The van der Waals surface area contributed by atoms with Gasteiger partial charge in [0.25, 0.3) is 5.56 Å². The first-order valence-electron chi connectivity index (χ1n) is 12.5. The highest BCUT2D eigenvalue weighted by Gasteiger charge is 2.29. The molecule has 2 aromatic heterocycles. The van der Waals surface area contributed by atoms with E-state index in [-0.39, 0.29) is 11.7 Å². The number of aromatic nitrogens is 2. The number of fused-ring (bicyclic) bond motifs is 2. The van der Waals surface area contributed by atoms with E-state index >= 15 is 0 Å². The van der Waals surface area contributed by atoms with E-state index in [1.807, 2.05) is 37.3 Å². The number of nitrogens with one attached hydrogen (secondary N) is 2. The summed E-state index contributed by atoms with van der Waals surface area (Å²) in [6.07, 6.45) is 3.23. The Morgan fingerprint density at radius 1 is 1.13 bits per heavy atom. The highest BCUT2D eigenvalue weighted by atomic mass is 32.2. The van der Waals surface area contributed by atoms with Gasteiger partial charge < -0.3 is 19.9 Å². The first-order valence-corrected chi connectivity index (χ1v) is 14.1. The summed E-state index contributed by atoms with van der Waals surface area (Å²) in [5.41, 5.74) is 4.33. The summed E-state index contributed by atoms with van der Waals surface area (Å²) in [5.74, 6) is 0. The molecule has 38 heavy (non-hydrogen) atoms. The summed E-state index contributed by atoms with van der Waals surface area (Å²) in [5, 5.41) is 3.32. The van der Waals surface area contributed by atoms with Crippen molar-refractivity contribution in [3.63, 3.8) is 0 Å². The Labute approximate surface area is 229 Å². The molecule has 0 bridgehead atoms. The highest BCUT2D eigenvalue weighted by molar-refractivity contribution is 8.05. The molecular formula is C29H27FN4O2S2. The average molecular weight is 547 g/mol. The fourth-order valence-electron chi connectivity index (χ4n) is 4.83. The van der Waals surface area contributed by atoms with Gasteiger partial charge in [0.2, 0.25) is 0 Å². The lowest BCUT2D eigenvalue weighted by Gasteiger charge is -2.35. The minimum Gasteiger partial charge on any atom is -0.374 e. The number of aromatic amines is 1. The van der Waals surface area contributed by atoms with Crippen molar-refractivity contribution in [1.29, 1.82) is 0 Å². The first-order chi connectivity index (χ1) is 18.6. The Kier molecular flexibility index (Phi) is 7.14. The number of benzene rings is 2. The van der Waals surface area contributed by atoms with Crippen LogP contribution in [0.1, 0.15) is 29.0 Å². The van der Waals surface area contributed by atoms with Gasteiger partial charge in [-0.1, -0.05) is 35.7 Å². The van der Waals surface area contributed by atoms with E-state index in [1.54, 1.807) is 35.9 Å². The minimum atomic E-state index is -0.547. The van der Waals surface area contributed by atoms with Crippen LogP contribution in [0.5, 0.6) is 0 Å². The molecule has 9 heteroatoms. The van der Waals surface area contributed by atoms with Gasteiger partial charge in [0, 0.05) is 50.8 Å². The molecule has 4 heterocycles. The third kappa shape index (κ3) is 5.06. The van der Waals surface area contributed by atoms with Crippen molar-refractivity contribution in [2.75, 3.05) is 36.6 Å². The molecule has 2 aliphatic heterocycles. The molecule has 1 fully saturated rings. The smallest absolute Gasteiger partial charge is 0.271 e. The number of hydrogen-bond acceptors (Lipinski definition) is 7. The third-order valence-electron chi connectivity index (χ3n) is 6.73. The van der Waals surface area contributed by atoms with Crippen LogP contribution >= 0.6 is 23.5 Å². The molecule has 2 unspecified atom stereocenters. The highest BCUT2D eigenvalue weighted by Crippen LogP contribution is 2.52. The zero-order chi connectivity index (χ0) is 26.1. The van der Waals surface area contributed by atoms with Crippen molar-refractivity contribution in [2.24, 2.45) is 0 Å². The molecule has 0 radical (unpaired) electrons.